The minimum atomic E-state index is -0.0695. The molecule has 1 nitrogen and oxygen atoms in total. The van der Waals surface area contributed by atoms with E-state index in [4.69, 9.17) is 0 Å². The van der Waals surface area contributed by atoms with Gasteiger partial charge in [0, 0.05) is 37.7 Å². The lowest BCUT2D eigenvalue weighted by Gasteiger charge is -2.61. The van der Waals surface area contributed by atoms with Gasteiger partial charge in [-0.15, -0.1) is 11.3 Å². The van der Waals surface area contributed by atoms with Gasteiger partial charge in [-0.2, -0.15) is 0 Å². The summed E-state index contributed by atoms with van der Waals surface area (Å²) in [4.78, 5) is 2.59. The van der Waals surface area contributed by atoms with Crippen molar-refractivity contribution >= 4 is 48.6 Å². The maximum Gasteiger partial charge on any atom is 0.0640 e. The second-order valence-electron chi connectivity index (χ2n) is 18.5. The standard InChI is InChI=1S/C55H45NS/c1-54(2)47-17-6-3-12-42(47)45-15-9-14-40(52(45)54)35-21-23-38(24-22-35)56(50-19-10-16-46-44-13-5-8-20-51(44)57-53(46)50)39-25-26-43-41-11-4-7-18-48(41)55(49(43)32-39)36-28-33-27-34(30-36)31-37(55)29-33/h3-26,32-34,36-37H,27-31H2,1-2H3. The lowest BCUT2D eigenvalue weighted by atomic mass is 9.43. The van der Waals surface area contributed by atoms with Gasteiger partial charge in [-0.1, -0.05) is 129 Å². The van der Waals surface area contributed by atoms with Crippen LogP contribution in [-0.4, -0.2) is 0 Å². The Morgan fingerprint density at radius 2 is 1.09 bits per heavy atom. The summed E-state index contributed by atoms with van der Waals surface area (Å²) in [6, 6.07) is 58.4. The van der Waals surface area contributed by atoms with Crippen molar-refractivity contribution in [3.63, 3.8) is 0 Å². The zero-order chi connectivity index (χ0) is 37.6. The number of nitrogens with zero attached hydrogens (tertiary/aromatic N) is 1. The van der Waals surface area contributed by atoms with Gasteiger partial charge in [0.25, 0.3) is 0 Å². The zero-order valence-corrected chi connectivity index (χ0v) is 33.5. The summed E-state index contributed by atoms with van der Waals surface area (Å²) in [6.07, 6.45) is 7.03. The van der Waals surface area contributed by atoms with Crippen molar-refractivity contribution in [1.29, 1.82) is 0 Å². The molecular formula is C55H45NS. The quantitative estimate of drug-likeness (QED) is 0.173. The van der Waals surface area contributed by atoms with Crippen LogP contribution in [0, 0.1) is 23.7 Å². The molecule has 0 radical (unpaired) electrons. The van der Waals surface area contributed by atoms with Crippen LogP contribution < -0.4 is 4.90 Å². The van der Waals surface area contributed by atoms with E-state index in [-0.39, 0.29) is 10.8 Å². The Hall–Kier alpha value is -5.44. The average molecular weight is 752 g/mol. The number of rotatable bonds is 4. The van der Waals surface area contributed by atoms with E-state index in [1.807, 2.05) is 11.3 Å². The molecule has 0 saturated heterocycles. The summed E-state index contributed by atoms with van der Waals surface area (Å²) in [7, 11) is 0. The Balaban J connectivity index is 1.01. The van der Waals surface area contributed by atoms with Gasteiger partial charge < -0.3 is 4.90 Å². The molecule has 7 aromatic carbocycles. The fraction of sp³-hybridized carbons (Fsp3) is 0.236. The maximum absolute atomic E-state index is 2.65. The lowest BCUT2D eigenvalue weighted by molar-refractivity contribution is -0.0399. The van der Waals surface area contributed by atoms with Crippen LogP contribution in [-0.2, 0) is 10.8 Å². The largest absolute Gasteiger partial charge is 0.309 e. The van der Waals surface area contributed by atoms with Crippen LogP contribution in [0.2, 0.25) is 0 Å². The Morgan fingerprint density at radius 3 is 1.88 bits per heavy atom. The molecule has 4 fully saturated rings. The zero-order valence-electron chi connectivity index (χ0n) is 32.6. The third-order valence-electron chi connectivity index (χ3n) is 15.4. The summed E-state index contributed by atoms with van der Waals surface area (Å²) in [5.74, 6) is 3.30. The van der Waals surface area contributed by atoms with E-state index in [1.54, 1.807) is 11.1 Å². The first-order valence-corrected chi connectivity index (χ1v) is 22.1. The predicted molar refractivity (Wildman–Crippen MR) is 240 cm³/mol. The van der Waals surface area contributed by atoms with Gasteiger partial charge in [-0.3, -0.25) is 0 Å². The van der Waals surface area contributed by atoms with Gasteiger partial charge in [0.2, 0.25) is 0 Å². The van der Waals surface area contributed by atoms with E-state index in [1.165, 1.54) is 114 Å². The highest BCUT2D eigenvalue weighted by atomic mass is 32.1. The van der Waals surface area contributed by atoms with Crippen molar-refractivity contribution in [2.24, 2.45) is 23.7 Å². The van der Waals surface area contributed by atoms with E-state index >= 15 is 0 Å². The molecule has 1 heterocycles. The first-order valence-electron chi connectivity index (χ1n) is 21.3. The summed E-state index contributed by atoms with van der Waals surface area (Å²) in [5.41, 5.74) is 18.1. The third-order valence-corrected chi connectivity index (χ3v) is 16.6. The Kier molecular flexibility index (Phi) is 6.63. The minimum absolute atomic E-state index is 0.0695. The van der Waals surface area contributed by atoms with E-state index in [9.17, 15) is 0 Å². The van der Waals surface area contributed by atoms with Crippen LogP contribution in [0.5, 0.6) is 0 Å². The monoisotopic (exact) mass is 751 g/mol. The van der Waals surface area contributed by atoms with Crippen molar-refractivity contribution in [3.05, 3.63) is 174 Å². The van der Waals surface area contributed by atoms with Gasteiger partial charge in [-0.05, 0) is 148 Å². The molecule has 8 aromatic rings. The fourth-order valence-corrected chi connectivity index (χ4v) is 14.7. The molecular weight excluding hydrogens is 707 g/mol. The molecule has 2 heteroatoms. The number of fused-ring (bicyclic) bond motifs is 9. The van der Waals surface area contributed by atoms with Crippen LogP contribution >= 0.6 is 11.3 Å². The molecule has 6 aliphatic carbocycles. The van der Waals surface area contributed by atoms with Crippen molar-refractivity contribution in [2.45, 2.75) is 56.8 Å². The molecule has 0 unspecified atom stereocenters. The van der Waals surface area contributed by atoms with E-state index < -0.39 is 0 Å². The molecule has 0 aliphatic heterocycles. The minimum Gasteiger partial charge on any atom is -0.309 e. The van der Waals surface area contributed by atoms with Gasteiger partial charge >= 0.3 is 0 Å². The Bertz CT molecular complexity index is 2930. The molecule has 57 heavy (non-hydrogen) atoms. The lowest BCUT2D eigenvalue weighted by Crippen LogP contribution is -2.55. The summed E-state index contributed by atoms with van der Waals surface area (Å²) >= 11 is 1.93. The Morgan fingerprint density at radius 1 is 0.491 bits per heavy atom. The van der Waals surface area contributed by atoms with Crippen molar-refractivity contribution < 1.29 is 0 Å². The fourth-order valence-electron chi connectivity index (χ4n) is 13.5. The smallest absolute Gasteiger partial charge is 0.0640 e. The normalized spacial score (nSPS) is 24.2. The predicted octanol–water partition coefficient (Wildman–Crippen LogP) is 15.2. The highest BCUT2D eigenvalue weighted by Gasteiger charge is 2.61. The second-order valence-corrected chi connectivity index (χ2v) is 19.5. The number of hydrogen-bond acceptors (Lipinski definition) is 2. The van der Waals surface area contributed by atoms with Gasteiger partial charge in [-0.25, -0.2) is 0 Å². The summed E-state index contributed by atoms with van der Waals surface area (Å²) < 4.78 is 2.69. The molecule has 0 amide bonds. The van der Waals surface area contributed by atoms with Crippen molar-refractivity contribution in [1.82, 2.24) is 0 Å². The molecule has 276 valence electrons. The number of thiophene rings is 1. The molecule has 1 spiro atoms. The van der Waals surface area contributed by atoms with Crippen LogP contribution in [0.25, 0.3) is 53.6 Å². The van der Waals surface area contributed by atoms with E-state index in [0.29, 0.717) is 0 Å². The van der Waals surface area contributed by atoms with Gasteiger partial charge in [0.05, 0.1) is 10.4 Å². The van der Waals surface area contributed by atoms with Crippen LogP contribution in [0.3, 0.4) is 0 Å². The second kappa shape index (κ2) is 11.6. The van der Waals surface area contributed by atoms with Crippen LogP contribution in [0.1, 0.15) is 68.2 Å². The highest BCUT2D eigenvalue weighted by molar-refractivity contribution is 7.26. The van der Waals surface area contributed by atoms with Gasteiger partial charge in [0.1, 0.15) is 0 Å². The topological polar surface area (TPSA) is 3.24 Å². The Labute approximate surface area is 339 Å². The molecule has 6 aliphatic rings. The highest BCUT2D eigenvalue weighted by Crippen LogP contribution is 2.69. The first kappa shape index (κ1) is 32.6. The average Bonchev–Trinajstić information content (AvgIpc) is 3.85. The van der Waals surface area contributed by atoms with Crippen LogP contribution in [0.15, 0.2) is 152 Å². The number of anilines is 3. The molecule has 14 rings (SSSR count). The number of benzene rings is 7. The summed E-state index contributed by atoms with van der Waals surface area (Å²) in [5, 5.41) is 2.68. The van der Waals surface area contributed by atoms with E-state index in [0.717, 1.165) is 23.7 Å². The number of hydrogen-bond donors (Lipinski definition) is 0. The molecule has 1 aromatic heterocycles. The van der Waals surface area contributed by atoms with E-state index in [2.05, 4.69) is 170 Å². The molecule has 4 bridgehead atoms. The third kappa shape index (κ3) is 4.30. The van der Waals surface area contributed by atoms with Crippen molar-refractivity contribution in [2.75, 3.05) is 4.90 Å². The van der Waals surface area contributed by atoms with Crippen LogP contribution in [0.4, 0.5) is 17.1 Å². The van der Waals surface area contributed by atoms with Crippen molar-refractivity contribution in [3.8, 4) is 33.4 Å². The van der Waals surface area contributed by atoms with Gasteiger partial charge in [0.15, 0.2) is 0 Å². The first-order chi connectivity index (χ1) is 28.0. The molecule has 0 N–H and O–H groups in total. The SMILES string of the molecule is CC1(C)c2ccccc2-c2cccc(-c3ccc(N(c4ccc5c(c4)C4(c6ccccc6-5)C5CC6CC(C5)CC4C6)c4cccc5c4sc4ccccc45)cc3)c21. The molecule has 0 atom stereocenters. The molecule has 4 saturated carbocycles. The summed E-state index contributed by atoms with van der Waals surface area (Å²) in [6.45, 7) is 4.79. The maximum atomic E-state index is 2.65.